The Morgan fingerprint density at radius 1 is 1.22 bits per heavy atom. The molecule has 0 aliphatic carbocycles. The number of alkyl halides is 3. The number of hydrogen-bond acceptors (Lipinski definition) is 5. The molecule has 1 aromatic heterocycles. The Kier molecular flexibility index (Phi) is 3.33. The fourth-order valence-corrected chi connectivity index (χ4v) is 1.95. The lowest BCUT2D eigenvalue weighted by atomic mass is 10.0. The molecule has 0 aromatic carbocycles. The van der Waals surface area contributed by atoms with Gasteiger partial charge >= 0.3 is 12.1 Å². The Hall–Kier alpha value is -1.15. The first kappa shape index (κ1) is 13.3. The van der Waals surface area contributed by atoms with Crippen LogP contribution in [0.3, 0.4) is 0 Å². The molecular formula is C10H15F3N4O. The molecule has 0 spiro atoms. The van der Waals surface area contributed by atoms with Gasteiger partial charge in [-0.25, -0.2) is 0 Å². The second-order valence-corrected chi connectivity index (χ2v) is 4.72. The van der Waals surface area contributed by atoms with Crippen molar-refractivity contribution < 1.29 is 17.7 Å². The van der Waals surface area contributed by atoms with Crippen molar-refractivity contribution in [1.82, 2.24) is 20.4 Å². The maximum absolute atomic E-state index is 12.4. The topological polar surface area (TPSA) is 54.2 Å². The van der Waals surface area contributed by atoms with Crippen molar-refractivity contribution in [2.45, 2.75) is 25.6 Å². The van der Waals surface area contributed by atoms with E-state index in [9.17, 15) is 13.2 Å². The summed E-state index contributed by atoms with van der Waals surface area (Å²) in [6.45, 7) is 6.67. The van der Waals surface area contributed by atoms with Crippen LogP contribution in [0.5, 0.6) is 0 Å². The summed E-state index contributed by atoms with van der Waals surface area (Å²) >= 11 is 0. The van der Waals surface area contributed by atoms with Crippen molar-refractivity contribution >= 4 is 0 Å². The Bertz CT molecular complexity index is 410. The predicted molar refractivity (Wildman–Crippen MR) is 56.8 cm³/mol. The van der Waals surface area contributed by atoms with Gasteiger partial charge in [0.15, 0.2) is 5.82 Å². The zero-order chi connectivity index (χ0) is 13.4. The SMILES string of the molecule is CC(C)(c1noc(C(F)(F)F)n1)N1CCNCC1. The average molecular weight is 264 g/mol. The highest BCUT2D eigenvalue weighted by molar-refractivity contribution is 5.04. The molecule has 1 fully saturated rings. The van der Waals surface area contributed by atoms with Gasteiger partial charge in [0.05, 0.1) is 5.54 Å². The molecule has 0 bridgehead atoms. The molecule has 1 aromatic rings. The largest absolute Gasteiger partial charge is 0.471 e. The molecule has 5 nitrogen and oxygen atoms in total. The molecule has 0 atom stereocenters. The van der Waals surface area contributed by atoms with Crippen LogP contribution in [-0.4, -0.2) is 41.2 Å². The molecule has 18 heavy (non-hydrogen) atoms. The first-order chi connectivity index (χ1) is 8.32. The van der Waals surface area contributed by atoms with E-state index < -0.39 is 17.6 Å². The summed E-state index contributed by atoms with van der Waals surface area (Å²) < 4.78 is 41.5. The molecule has 1 N–H and O–H groups in total. The quantitative estimate of drug-likeness (QED) is 0.870. The van der Waals surface area contributed by atoms with Gasteiger partial charge in [-0.1, -0.05) is 5.16 Å². The number of nitrogens with one attached hydrogen (secondary N) is 1. The third-order valence-electron chi connectivity index (χ3n) is 3.12. The number of hydrogen-bond donors (Lipinski definition) is 1. The molecular weight excluding hydrogens is 249 g/mol. The molecule has 0 unspecified atom stereocenters. The molecule has 1 aliphatic rings. The van der Waals surface area contributed by atoms with Crippen molar-refractivity contribution in [1.29, 1.82) is 0 Å². The third-order valence-corrected chi connectivity index (χ3v) is 3.12. The minimum Gasteiger partial charge on any atom is -0.329 e. The van der Waals surface area contributed by atoms with Gasteiger partial charge in [0.2, 0.25) is 0 Å². The smallest absolute Gasteiger partial charge is 0.329 e. The van der Waals surface area contributed by atoms with Crippen LogP contribution in [0.4, 0.5) is 13.2 Å². The summed E-state index contributed by atoms with van der Waals surface area (Å²) in [5.41, 5.74) is -0.672. The first-order valence-electron chi connectivity index (χ1n) is 5.69. The van der Waals surface area contributed by atoms with E-state index in [0.29, 0.717) is 0 Å². The summed E-state index contributed by atoms with van der Waals surface area (Å²) in [5, 5.41) is 6.64. The van der Waals surface area contributed by atoms with E-state index in [1.807, 2.05) is 4.90 Å². The van der Waals surface area contributed by atoms with E-state index in [-0.39, 0.29) is 5.82 Å². The zero-order valence-electron chi connectivity index (χ0n) is 10.2. The minimum absolute atomic E-state index is 0.0664. The van der Waals surface area contributed by atoms with E-state index in [1.165, 1.54) is 0 Å². The first-order valence-corrected chi connectivity index (χ1v) is 5.69. The maximum Gasteiger partial charge on any atom is 0.471 e. The van der Waals surface area contributed by atoms with Gasteiger partial charge in [0, 0.05) is 26.2 Å². The van der Waals surface area contributed by atoms with Crippen LogP contribution in [0.15, 0.2) is 4.52 Å². The molecule has 1 saturated heterocycles. The van der Waals surface area contributed by atoms with E-state index in [2.05, 4.69) is 20.0 Å². The highest BCUT2D eigenvalue weighted by Crippen LogP contribution is 2.31. The van der Waals surface area contributed by atoms with Crippen LogP contribution in [0.25, 0.3) is 0 Å². The lowest BCUT2D eigenvalue weighted by Crippen LogP contribution is -2.52. The zero-order valence-corrected chi connectivity index (χ0v) is 10.2. The summed E-state index contributed by atoms with van der Waals surface area (Å²) in [6.07, 6.45) is -4.59. The number of piperazine rings is 1. The summed E-state index contributed by atoms with van der Waals surface area (Å²) in [4.78, 5) is 5.50. The van der Waals surface area contributed by atoms with Crippen molar-refractivity contribution in [3.05, 3.63) is 11.7 Å². The van der Waals surface area contributed by atoms with Gasteiger partial charge in [0.25, 0.3) is 0 Å². The second kappa shape index (κ2) is 4.51. The fourth-order valence-electron chi connectivity index (χ4n) is 1.95. The highest BCUT2D eigenvalue weighted by Gasteiger charge is 2.41. The summed E-state index contributed by atoms with van der Waals surface area (Å²) in [5.74, 6) is -1.22. The van der Waals surface area contributed by atoms with E-state index in [1.54, 1.807) is 13.8 Å². The summed E-state index contributed by atoms with van der Waals surface area (Å²) in [6, 6.07) is 0. The van der Waals surface area contributed by atoms with Crippen molar-refractivity contribution in [2.75, 3.05) is 26.2 Å². The molecule has 2 heterocycles. The van der Waals surface area contributed by atoms with Gasteiger partial charge < -0.3 is 9.84 Å². The van der Waals surface area contributed by atoms with Crippen LogP contribution in [0.1, 0.15) is 25.6 Å². The standard InChI is InChI=1S/C10H15F3N4O/c1-9(2,17-5-3-14-4-6-17)7-15-8(18-16-7)10(11,12)13/h14H,3-6H2,1-2H3. The minimum atomic E-state index is -4.59. The number of aromatic nitrogens is 2. The van der Waals surface area contributed by atoms with Gasteiger partial charge in [0.1, 0.15) is 0 Å². The molecule has 0 saturated carbocycles. The Morgan fingerprint density at radius 3 is 2.33 bits per heavy atom. The van der Waals surface area contributed by atoms with Crippen molar-refractivity contribution in [3.63, 3.8) is 0 Å². The van der Waals surface area contributed by atoms with Gasteiger partial charge in [-0.2, -0.15) is 18.2 Å². The molecule has 1 aliphatic heterocycles. The maximum atomic E-state index is 12.4. The Labute approximate surface area is 102 Å². The Balaban J connectivity index is 2.21. The second-order valence-electron chi connectivity index (χ2n) is 4.72. The monoisotopic (exact) mass is 264 g/mol. The number of nitrogens with zero attached hydrogens (tertiary/aromatic N) is 3. The van der Waals surface area contributed by atoms with Crippen LogP contribution in [-0.2, 0) is 11.7 Å². The van der Waals surface area contributed by atoms with Crippen LogP contribution < -0.4 is 5.32 Å². The Morgan fingerprint density at radius 2 is 1.83 bits per heavy atom. The van der Waals surface area contributed by atoms with Gasteiger partial charge in [-0.05, 0) is 13.8 Å². The van der Waals surface area contributed by atoms with Crippen LogP contribution in [0, 0.1) is 0 Å². The normalized spacial score (nSPS) is 19.2. The number of rotatable bonds is 2. The van der Waals surface area contributed by atoms with Gasteiger partial charge in [-0.3, -0.25) is 4.90 Å². The van der Waals surface area contributed by atoms with E-state index in [4.69, 9.17) is 0 Å². The lowest BCUT2D eigenvalue weighted by molar-refractivity contribution is -0.159. The molecule has 2 rings (SSSR count). The highest BCUT2D eigenvalue weighted by atomic mass is 19.4. The van der Waals surface area contributed by atoms with Crippen molar-refractivity contribution in [2.24, 2.45) is 0 Å². The van der Waals surface area contributed by atoms with Crippen LogP contribution in [0.2, 0.25) is 0 Å². The lowest BCUT2D eigenvalue weighted by Gasteiger charge is -2.38. The molecule has 8 heteroatoms. The van der Waals surface area contributed by atoms with E-state index >= 15 is 0 Å². The predicted octanol–water partition coefficient (Wildman–Crippen LogP) is 1.23. The summed E-state index contributed by atoms with van der Waals surface area (Å²) in [7, 11) is 0. The van der Waals surface area contributed by atoms with Crippen molar-refractivity contribution in [3.8, 4) is 0 Å². The van der Waals surface area contributed by atoms with Crippen LogP contribution >= 0.6 is 0 Å². The van der Waals surface area contributed by atoms with Gasteiger partial charge in [-0.15, -0.1) is 0 Å². The molecule has 102 valence electrons. The average Bonchev–Trinajstić information content (AvgIpc) is 2.79. The fraction of sp³-hybridized carbons (Fsp3) is 0.800. The molecule has 0 radical (unpaired) electrons. The number of halogens is 3. The molecule has 0 amide bonds. The third kappa shape index (κ3) is 2.49. The van der Waals surface area contributed by atoms with E-state index in [0.717, 1.165) is 26.2 Å².